The molecule has 0 atom stereocenters. The Morgan fingerprint density at radius 1 is 0.609 bits per heavy atom. The van der Waals surface area contributed by atoms with Gasteiger partial charge in [-0.15, -0.1) is 0 Å². The molecule has 240 valence electrons. The van der Waals surface area contributed by atoms with E-state index in [1.807, 2.05) is 86.5 Å². The van der Waals surface area contributed by atoms with Crippen molar-refractivity contribution in [1.29, 1.82) is 0 Å². The lowest BCUT2D eigenvalue weighted by atomic mass is 10.2. The molecule has 0 fully saturated rings. The first kappa shape index (κ1) is 35.0. The molecule has 12 heteroatoms. The van der Waals surface area contributed by atoms with Gasteiger partial charge in [-0.1, -0.05) is 0 Å². The van der Waals surface area contributed by atoms with Gasteiger partial charge < -0.3 is 30.1 Å². The average molecular weight is 626 g/mol. The zero-order chi connectivity index (χ0) is 33.3. The second kappa shape index (κ2) is 18.4. The van der Waals surface area contributed by atoms with Gasteiger partial charge in [0, 0.05) is 51.7 Å². The van der Waals surface area contributed by atoms with Gasteiger partial charge in [-0.25, -0.2) is 4.79 Å². The summed E-state index contributed by atoms with van der Waals surface area (Å²) in [5.41, 5.74) is 5.77. The Kier molecular flexibility index (Phi) is 14.0. The van der Waals surface area contributed by atoms with Crippen LogP contribution in [-0.2, 0) is 4.74 Å². The first-order valence-corrected chi connectivity index (χ1v) is 14.4. The number of nitrogens with one attached hydrogen (secondary N) is 1. The molecule has 0 saturated carbocycles. The van der Waals surface area contributed by atoms with E-state index in [-0.39, 0.29) is 24.7 Å². The molecule has 4 aromatic carbocycles. The quantitative estimate of drug-likeness (QED) is 0.109. The van der Waals surface area contributed by atoms with Crippen LogP contribution in [0.15, 0.2) is 118 Å². The van der Waals surface area contributed by atoms with Gasteiger partial charge in [0.05, 0.1) is 48.1 Å². The molecular weight excluding hydrogens is 586 g/mol. The van der Waals surface area contributed by atoms with E-state index in [4.69, 9.17) is 14.9 Å². The fourth-order valence-electron chi connectivity index (χ4n) is 3.72. The highest BCUT2D eigenvalue weighted by Crippen LogP contribution is 2.23. The molecule has 0 aliphatic heterocycles. The van der Waals surface area contributed by atoms with Crippen molar-refractivity contribution < 1.29 is 24.5 Å². The number of carbonyl (C=O) groups is 2. The van der Waals surface area contributed by atoms with Gasteiger partial charge in [0.1, 0.15) is 0 Å². The summed E-state index contributed by atoms with van der Waals surface area (Å²) in [6.45, 7) is 1.01. The van der Waals surface area contributed by atoms with E-state index in [1.165, 1.54) is 12.1 Å². The minimum absolute atomic E-state index is 0.0240. The summed E-state index contributed by atoms with van der Waals surface area (Å²) in [7, 11) is 7.91. The van der Waals surface area contributed by atoms with E-state index in [1.54, 1.807) is 36.4 Å². The van der Waals surface area contributed by atoms with Crippen LogP contribution in [0.25, 0.3) is 0 Å². The first-order valence-electron chi connectivity index (χ1n) is 14.4. The van der Waals surface area contributed by atoms with Crippen LogP contribution in [-0.4, -0.2) is 76.6 Å². The van der Waals surface area contributed by atoms with Crippen LogP contribution >= 0.6 is 0 Å². The number of carboxylic acids is 1. The molecule has 0 bridgehead atoms. The van der Waals surface area contributed by atoms with Crippen molar-refractivity contribution in [2.45, 2.75) is 0 Å². The zero-order valence-electron chi connectivity index (χ0n) is 26.4. The maximum atomic E-state index is 12.0. The van der Waals surface area contributed by atoms with Crippen LogP contribution < -0.4 is 15.1 Å². The Bertz CT molecular complexity index is 1570. The Morgan fingerprint density at radius 3 is 1.33 bits per heavy atom. The average Bonchev–Trinajstić information content (AvgIpc) is 3.07. The first-order chi connectivity index (χ1) is 22.2. The van der Waals surface area contributed by atoms with Crippen LogP contribution in [0.3, 0.4) is 0 Å². The molecule has 4 aromatic rings. The number of ether oxygens (including phenoxy) is 1. The second-order valence-corrected chi connectivity index (χ2v) is 10.2. The highest BCUT2D eigenvalue weighted by molar-refractivity contribution is 5.94. The van der Waals surface area contributed by atoms with Crippen LogP contribution in [0.1, 0.15) is 20.7 Å². The standard InChI is InChI=1S/C19H24N4O3.C15H15N3O2/c1-23(2)18-9-7-17(8-10-18)22-21-16-5-3-15(4-6-16)19(25)20-11-13-26-14-12-24;1-18(2)14-9-7-13(8-10-14)17-16-12-5-3-11(4-6-12)15(19)20/h3-10,24H,11-14H2,1-2H3,(H,20,25);3-10H,1-2H3,(H,19,20). The van der Waals surface area contributed by atoms with Crippen LogP contribution in [0.5, 0.6) is 0 Å². The number of aromatic carboxylic acids is 1. The van der Waals surface area contributed by atoms with Crippen LogP contribution in [0.2, 0.25) is 0 Å². The molecule has 0 unspecified atom stereocenters. The van der Waals surface area contributed by atoms with Crippen molar-refractivity contribution in [1.82, 2.24) is 5.32 Å². The number of hydrogen-bond acceptors (Lipinski definition) is 10. The third-order valence-electron chi connectivity index (χ3n) is 6.31. The monoisotopic (exact) mass is 625 g/mol. The molecule has 0 spiro atoms. The molecule has 3 N–H and O–H groups in total. The topological polar surface area (TPSA) is 152 Å². The lowest BCUT2D eigenvalue weighted by molar-refractivity contribution is 0.0696. The molecule has 0 aromatic heterocycles. The number of anilines is 2. The number of aliphatic hydroxyl groups is 1. The van der Waals surface area contributed by atoms with Gasteiger partial charge in [-0.05, 0) is 97.1 Å². The number of aliphatic hydroxyl groups excluding tert-OH is 1. The van der Waals surface area contributed by atoms with E-state index < -0.39 is 5.97 Å². The summed E-state index contributed by atoms with van der Waals surface area (Å²) in [6, 6.07) is 28.6. The van der Waals surface area contributed by atoms with Crippen LogP contribution in [0, 0.1) is 0 Å². The highest BCUT2D eigenvalue weighted by atomic mass is 16.5. The molecule has 1 amide bonds. The number of rotatable bonds is 13. The number of carboxylic acid groups (broad SMARTS) is 1. The van der Waals surface area contributed by atoms with Crippen molar-refractivity contribution in [3.05, 3.63) is 108 Å². The molecular formula is C34H39N7O5. The van der Waals surface area contributed by atoms with E-state index in [9.17, 15) is 9.59 Å². The Morgan fingerprint density at radius 2 is 0.978 bits per heavy atom. The Balaban J connectivity index is 0.000000259. The number of nitrogens with zero attached hydrogens (tertiary/aromatic N) is 6. The summed E-state index contributed by atoms with van der Waals surface area (Å²) in [5.74, 6) is -1.13. The van der Waals surface area contributed by atoms with Crippen molar-refractivity contribution >= 4 is 46.0 Å². The molecule has 0 saturated heterocycles. The minimum atomic E-state index is -0.951. The number of carbonyl (C=O) groups excluding carboxylic acids is 1. The highest BCUT2D eigenvalue weighted by Gasteiger charge is 2.05. The SMILES string of the molecule is CN(C)c1ccc(N=Nc2ccc(C(=O)NCCOCCO)cc2)cc1.CN(C)c1ccc(N=Nc2ccc(C(=O)O)cc2)cc1. The smallest absolute Gasteiger partial charge is 0.335 e. The number of benzene rings is 4. The van der Waals surface area contributed by atoms with Gasteiger partial charge in [0.2, 0.25) is 0 Å². The normalized spacial score (nSPS) is 10.8. The lowest BCUT2D eigenvalue weighted by Crippen LogP contribution is -2.27. The van der Waals surface area contributed by atoms with Crippen molar-refractivity contribution in [2.24, 2.45) is 20.5 Å². The maximum Gasteiger partial charge on any atom is 0.335 e. The van der Waals surface area contributed by atoms with Crippen LogP contribution in [0.4, 0.5) is 34.1 Å². The molecule has 0 heterocycles. The third-order valence-corrected chi connectivity index (χ3v) is 6.31. The molecule has 0 aliphatic rings. The molecule has 0 radical (unpaired) electrons. The predicted molar refractivity (Wildman–Crippen MR) is 180 cm³/mol. The van der Waals surface area contributed by atoms with E-state index in [0.717, 1.165) is 22.7 Å². The molecule has 4 rings (SSSR count). The van der Waals surface area contributed by atoms with Crippen molar-refractivity contribution in [3.63, 3.8) is 0 Å². The summed E-state index contributed by atoms with van der Waals surface area (Å²) < 4.78 is 5.09. The molecule has 12 nitrogen and oxygen atoms in total. The molecule has 0 aliphatic carbocycles. The second-order valence-electron chi connectivity index (χ2n) is 10.2. The summed E-state index contributed by atoms with van der Waals surface area (Å²) in [4.78, 5) is 26.7. The van der Waals surface area contributed by atoms with Gasteiger partial charge in [0.25, 0.3) is 5.91 Å². The van der Waals surface area contributed by atoms with Gasteiger partial charge >= 0.3 is 5.97 Å². The van der Waals surface area contributed by atoms with E-state index >= 15 is 0 Å². The van der Waals surface area contributed by atoms with E-state index in [0.29, 0.717) is 30.1 Å². The number of hydrogen-bond donors (Lipinski definition) is 3. The predicted octanol–water partition coefficient (Wildman–Crippen LogP) is 6.77. The summed E-state index contributed by atoms with van der Waals surface area (Å²) in [5, 5.41) is 36.7. The minimum Gasteiger partial charge on any atom is -0.478 e. The largest absolute Gasteiger partial charge is 0.478 e. The number of amides is 1. The summed E-state index contributed by atoms with van der Waals surface area (Å²) in [6.07, 6.45) is 0. The zero-order valence-corrected chi connectivity index (χ0v) is 26.4. The fraction of sp³-hybridized carbons (Fsp3) is 0.235. The summed E-state index contributed by atoms with van der Waals surface area (Å²) >= 11 is 0. The van der Waals surface area contributed by atoms with Crippen molar-refractivity contribution in [2.75, 3.05) is 64.4 Å². The Hall–Kier alpha value is -5.46. The Labute approximate surface area is 268 Å². The maximum absolute atomic E-state index is 12.0. The van der Waals surface area contributed by atoms with Gasteiger partial charge in [-0.3, -0.25) is 4.79 Å². The fourth-order valence-corrected chi connectivity index (χ4v) is 3.72. The van der Waals surface area contributed by atoms with Crippen molar-refractivity contribution in [3.8, 4) is 0 Å². The van der Waals surface area contributed by atoms with E-state index in [2.05, 4.69) is 25.8 Å². The number of azo groups is 2. The van der Waals surface area contributed by atoms with Gasteiger partial charge in [-0.2, -0.15) is 20.5 Å². The molecule has 46 heavy (non-hydrogen) atoms. The lowest BCUT2D eigenvalue weighted by Gasteiger charge is -2.11. The van der Waals surface area contributed by atoms with Gasteiger partial charge in [0.15, 0.2) is 0 Å². The third kappa shape index (κ3) is 11.9.